The minimum atomic E-state index is -4.49. The van der Waals surface area contributed by atoms with Crippen molar-refractivity contribution in [1.82, 2.24) is 4.31 Å². The zero-order chi connectivity index (χ0) is 12.8. The van der Waals surface area contributed by atoms with E-state index in [1.165, 1.54) is 12.1 Å². The Kier molecular flexibility index (Phi) is 2.70. The molecule has 94 valence electrons. The largest absolute Gasteiger partial charge is 0.406 e. The van der Waals surface area contributed by atoms with E-state index in [9.17, 15) is 21.6 Å². The highest BCUT2D eigenvalue weighted by Gasteiger charge is 2.59. The molecule has 0 aromatic heterocycles. The predicted octanol–water partition coefficient (Wildman–Crippen LogP) is 1.93. The molecule has 17 heavy (non-hydrogen) atoms. The highest BCUT2D eigenvalue weighted by Crippen LogP contribution is 2.39. The van der Waals surface area contributed by atoms with Crippen molar-refractivity contribution in [2.75, 3.05) is 6.54 Å². The molecule has 0 amide bonds. The fourth-order valence-electron chi connectivity index (χ4n) is 1.50. The van der Waals surface area contributed by atoms with E-state index in [4.69, 9.17) is 0 Å². The van der Waals surface area contributed by atoms with Crippen LogP contribution in [0.15, 0.2) is 29.2 Å². The molecule has 2 rings (SSSR count). The minimum Gasteiger partial charge on any atom is -0.207 e. The molecule has 2 atom stereocenters. The molecule has 0 saturated carbocycles. The van der Waals surface area contributed by atoms with Gasteiger partial charge in [-0.05, 0) is 19.1 Å². The van der Waals surface area contributed by atoms with Crippen molar-refractivity contribution in [3.8, 4) is 0 Å². The van der Waals surface area contributed by atoms with Crippen LogP contribution in [0.1, 0.15) is 5.56 Å². The molecule has 0 aliphatic carbocycles. The first-order valence-electron chi connectivity index (χ1n) is 4.88. The molecule has 1 aromatic carbocycles. The Morgan fingerprint density at radius 1 is 1.24 bits per heavy atom. The van der Waals surface area contributed by atoms with Crippen molar-refractivity contribution < 1.29 is 21.6 Å². The van der Waals surface area contributed by atoms with Crippen LogP contribution < -0.4 is 0 Å². The van der Waals surface area contributed by atoms with Crippen LogP contribution in [-0.4, -0.2) is 31.5 Å². The maximum Gasteiger partial charge on any atom is 0.406 e. The lowest BCUT2D eigenvalue weighted by molar-refractivity contribution is -0.132. The number of nitrogens with zero attached hydrogens (tertiary/aromatic N) is 1. The number of halogens is 3. The molecule has 1 aromatic rings. The lowest BCUT2D eigenvalue weighted by Gasteiger charge is -2.08. The number of benzene rings is 1. The Hall–Kier alpha value is -1.08. The maximum absolute atomic E-state index is 12.3. The summed E-state index contributed by atoms with van der Waals surface area (Å²) < 4.78 is 60.9. The highest BCUT2D eigenvalue weighted by molar-refractivity contribution is 7.89. The van der Waals surface area contributed by atoms with Crippen LogP contribution in [0.2, 0.25) is 0 Å². The topological polar surface area (TPSA) is 37.1 Å². The zero-order valence-electron chi connectivity index (χ0n) is 8.90. The van der Waals surface area contributed by atoms with Gasteiger partial charge in [0.2, 0.25) is 10.0 Å². The molecule has 1 saturated heterocycles. The van der Waals surface area contributed by atoms with Crippen molar-refractivity contribution in [1.29, 1.82) is 0 Å². The number of sulfonamides is 1. The first-order valence-corrected chi connectivity index (χ1v) is 6.32. The first kappa shape index (κ1) is 12.4. The molecule has 0 radical (unpaired) electrons. The third kappa shape index (κ3) is 2.30. The van der Waals surface area contributed by atoms with Crippen molar-refractivity contribution in [2.24, 2.45) is 0 Å². The molecule has 1 aliphatic rings. The van der Waals surface area contributed by atoms with E-state index >= 15 is 0 Å². The second-order valence-corrected chi connectivity index (χ2v) is 5.84. The van der Waals surface area contributed by atoms with E-state index in [0.717, 1.165) is 5.56 Å². The van der Waals surface area contributed by atoms with E-state index in [2.05, 4.69) is 0 Å². The monoisotopic (exact) mass is 265 g/mol. The third-order valence-corrected chi connectivity index (χ3v) is 4.46. The Morgan fingerprint density at radius 2 is 1.76 bits per heavy atom. The van der Waals surface area contributed by atoms with Crippen LogP contribution in [0.25, 0.3) is 0 Å². The minimum absolute atomic E-state index is 0.102. The van der Waals surface area contributed by atoms with Gasteiger partial charge in [0.25, 0.3) is 0 Å². The lowest BCUT2D eigenvalue weighted by atomic mass is 10.2. The number of hydrogen-bond donors (Lipinski definition) is 0. The van der Waals surface area contributed by atoms with Gasteiger partial charge in [0.05, 0.1) is 4.90 Å². The molecule has 1 unspecified atom stereocenters. The number of alkyl halides is 3. The Balaban J connectivity index is 2.25. The fourth-order valence-corrected chi connectivity index (χ4v) is 3.04. The van der Waals surface area contributed by atoms with E-state index in [-0.39, 0.29) is 4.90 Å². The average molecular weight is 265 g/mol. The quantitative estimate of drug-likeness (QED) is 0.766. The summed E-state index contributed by atoms with van der Waals surface area (Å²) in [6.45, 7) is 1.28. The van der Waals surface area contributed by atoms with Gasteiger partial charge >= 0.3 is 6.18 Å². The Labute approximate surface area is 96.9 Å². The lowest BCUT2D eigenvalue weighted by Crippen LogP contribution is -2.24. The molecular formula is C10H10F3NO2S. The molecule has 0 spiro atoms. The van der Waals surface area contributed by atoms with Gasteiger partial charge in [-0.15, -0.1) is 0 Å². The van der Waals surface area contributed by atoms with E-state index in [1.807, 2.05) is 0 Å². The molecule has 1 aliphatic heterocycles. The standard InChI is InChI=1S/C10H10F3NO2S/c1-7-2-4-8(5-3-7)17(15,16)14-6-9(14)10(11,12)13/h2-5,9H,6H2,1H3/t9?,14-/m1/s1. The average Bonchev–Trinajstić information content (AvgIpc) is 2.96. The molecule has 0 N–H and O–H groups in total. The SMILES string of the molecule is Cc1ccc(S(=O)(=O)[N@]2CC2C(F)(F)F)cc1. The van der Waals surface area contributed by atoms with Gasteiger partial charge in [-0.1, -0.05) is 17.7 Å². The van der Waals surface area contributed by atoms with Crippen molar-refractivity contribution in [2.45, 2.75) is 24.0 Å². The summed E-state index contributed by atoms with van der Waals surface area (Å²) in [5.74, 6) is 0. The van der Waals surface area contributed by atoms with Crippen LogP contribution in [-0.2, 0) is 10.0 Å². The van der Waals surface area contributed by atoms with Crippen LogP contribution >= 0.6 is 0 Å². The molecule has 1 fully saturated rings. The summed E-state index contributed by atoms with van der Waals surface area (Å²) in [7, 11) is -4.00. The first-order chi connectivity index (χ1) is 7.73. The van der Waals surface area contributed by atoms with E-state index < -0.39 is 28.8 Å². The summed E-state index contributed by atoms with van der Waals surface area (Å²) in [6.07, 6.45) is -4.49. The van der Waals surface area contributed by atoms with Crippen LogP contribution in [0.3, 0.4) is 0 Å². The smallest absolute Gasteiger partial charge is 0.207 e. The van der Waals surface area contributed by atoms with E-state index in [1.54, 1.807) is 19.1 Å². The van der Waals surface area contributed by atoms with Crippen molar-refractivity contribution in [3.63, 3.8) is 0 Å². The van der Waals surface area contributed by atoms with Gasteiger partial charge in [-0.25, -0.2) is 8.42 Å². The maximum atomic E-state index is 12.3. The summed E-state index contributed by atoms with van der Waals surface area (Å²) in [5, 5.41) is 0. The van der Waals surface area contributed by atoms with Gasteiger partial charge in [0.15, 0.2) is 0 Å². The van der Waals surface area contributed by atoms with Gasteiger partial charge in [-0.3, -0.25) is 0 Å². The number of rotatable bonds is 2. The van der Waals surface area contributed by atoms with Gasteiger partial charge in [0, 0.05) is 6.54 Å². The Bertz CT molecular complexity index is 521. The van der Waals surface area contributed by atoms with Gasteiger partial charge in [0.1, 0.15) is 6.04 Å². The summed E-state index contributed by atoms with van der Waals surface area (Å²) >= 11 is 0. The molecule has 3 nitrogen and oxygen atoms in total. The van der Waals surface area contributed by atoms with Crippen LogP contribution in [0.5, 0.6) is 0 Å². The Morgan fingerprint density at radius 3 is 2.18 bits per heavy atom. The molecule has 1 heterocycles. The third-order valence-electron chi connectivity index (χ3n) is 2.57. The van der Waals surface area contributed by atoms with E-state index in [0.29, 0.717) is 4.31 Å². The summed E-state index contributed by atoms with van der Waals surface area (Å²) in [6, 6.07) is 3.87. The fraction of sp³-hybridized carbons (Fsp3) is 0.400. The molecule has 0 bridgehead atoms. The van der Waals surface area contributed by atoms with Gasteiger partial charge in [-0.2, -0.15) is 17.5 Å². The normalized spacial score (nSPS) is 24.7. The van der Waals surface area contributed by atoms with Crippen molar-refractivity contribution >= 4 is 10.0 Å². The van der Waals surface area contributed by atoms with Crippen LogP contribution in [0, 0.1) is 6.92 Å². The second kappa shape index (κ2) is 3.71. The zero-order valence-corrected chi connectivity index (χ0v) is 9.72. The number of hydrogen-bond acceptors (Lipinski definition) is 2. The highest BCUT2D eigenvalue weighted by atomic mass is 32.2. The van der Waals surface area contributed by atoms with Gasteiger partial charge < -0.3 is 0 Å². The van der Waals surface area contributed by atoms with Crippen molar-refractivity contribution in [3.05, 3.63) is 29.8 Å². The molecular weight excluding hydrogens is 255 g/mol. The summed E-state index contributed by atoms with van der Waals surface area (Å²) in [4.78, 5) is -0.102. The molecule has 7 heteroatoms. The summed E-state index contributed by atoms with van der Waals surface area (Å²) in [5.41, 5.74) is 0.849. The number of aryl methyl sites for hydroxylation is 1. The predicted molar refractivity (Wildman–Crippen MR) is 54.9 cm³/mol. The second-order valence-electron chi connectivity index (χ2n) is 3.95. The van der Waals surface area contributed by atoms with Crippen LogP contribution in [0.4, 0.5) is 13.2 Å².